The molecule has 0 bridgehead atoms. The molecule has 0 aromatic heterocycles. The predicted molar refractivity (Wildman–Crippen MR) is 88.6 cm³/mol. The summed E-state index contributed by atoms with van der Waals surface area (Å²) in [5.74, 6) is 0.266. The highest BCUT2D eigenvalue weighted by Crippen LogP contribution is 2.21. The third kappa shape index (κ3) is 4.31. The van der Waals surface area contributed by atoms with Gasteiger partial charge in [0.2, 0.25) is 0 Å². The first-order valence-corrected chi connectivity index (χ1v) is 7.12. The predicted octanol–water partition coefficient (Wildman–Crippen LogP) is 0.941. The summed E-state index contributed by atoms with van der Waals surface area (Å²) in [6, 6.07) is 12.1. The molecular weight excluding hydrogens is 294 g/mol. The van der Waals surface area contributed by atoms with E-state index in [4.69, 9.17) is 4.74 Å². The Morgan fingerprint density at radius 3 is 2.48 bits per heavy atom. The third-order valence-corrected chi connectivity index (χ3v) is 3.33. The second-order valence-corrected chi connectivity index (χ2v) is 5.20. The number of carbonyl (C=O) groups is 1. The van der Waals surface area contributed by atoms with E-state index in [1.165, 1.54) is 24.3 Å². The average Bonchev–Trinajstić information content (AvgIpc) is 2.56. The Morgan fingerprint density at radius 1 is 1.22 bits per heavy atom. The number of nitrogens with one attached hydrogen (secondary N) is 2. The largest absolute Gasteiger partial charge is 0.507 e. The van der Waals surface area contributed by atoms with Crippen LogP contribution in [0.3, 0.4) is 0 Å². The lowest BCUT2D eigenvalue weighted by Crippen LogP contribution is -3.00. The minimum Gasteiger partial charge on any atom is -0.507 e. The summed E-state index contributed by atoms with van der Waals surface area (Å²) >= 11 is 0. The van der Waals surface area contributed by atoms with E-state index in [0.717, 1.165) is 5.69 Å². The van der Waals surface area contributed by atoms with Crippen LogP contribution in [-0.2, 0) is 0 Å². The van der Waals surface area contributed by atoms with E-state index in [-0.39, 0.29) is 11.7 Å². The van der Waals surface area contributed by atoms with Crippen molar-refractivity contribution in [2.24, 2.45) is 5.10 Å². The first kappa shape index (κ1) is 16.5. The smallest absolute Gasteiger partial charge is 0.271 e. The molecule has 0 spiro atoms. The molecule has 0 aliphatic rings. The van der Waals surface area contributed by atoms with E-state index in [9.17, 15) is 9.90 Å². The lowest BCUT2D eigenvalue weighted by atomic mass is 10.2. The summed E-state index contributed by atoms with van der Waals surface area (Å²) in [4.78, 5) is 13.2. The fraction of sp³-hybridized carbons (Fsp3) is 0.176. The Balaban J connectivity index is 2.01. The number of aromatic hydroxyl groups is 1. The minimum absolute atomic E-state index is 0.0284. The summed E-state index contributed by atoms with van der Waals surface area (Å²) < 4.78 is 5.00. The van der Waals surface area contributed by atoms with Crippen LogP contribution < -0.4 is 15.1 Å². The molecule has 0 heterocycles. The van der Waals surface area contributed by atoms with Crippen LogP contribution in [0, 0.1) is 0 Å². The topological polar surface area (TPSA) is 75.4 Å². The number of hydrogen-bond donors (Lipinski definition) is 3. The number of quaternary nitrogens is 1. The van der Waals surface area contributed by atoms with Gasteiger partial charge in [-0.1, -0.05) is 0 Å². The van der Waals surface area contributed by atoms with Gasteiger partial charge >= 0.3 is 0 Å². The molecule has 0 aliphatic carbocycles. The average molecular weight is 314 g/mol. The molecule has 0 atom stereocenters. The van der Waals surface area contributed by atoms with Gasteiger partial charge in [-0.25, -0.2) is 5.43 Å². The quantitative estimate of drug-likeness (QED) is 0.568. The molecule has 0 aliphatic heterocycles. The molecule has 2 aromatic rings. The monoisotopic (exact) mass is 314 g/mol. The number of amides is 1. The van der Waals surface area contributed by atoms with Gasteiger partial charge in [-0.3, -0.25) is 4.79 Å². The summed E-state index contributed by atoms with van der Waals surface area (Å²) in [5, 5.41) is 13.7. The number of rotatable bonds is 5. The Labute approximate surface area is 135 Å². The van der Waals surface area contributed by atoms with Gasteiger partial charge in [0, 0.05) is 17.2 Å². The van der Waals surface area contributed by atoms with Gasteiger partial charge in [0.15, 0.2) is 0 Å². The standard InChI is InChI=1S/C17H19N3O3/c1-20(2)14-7-4-12(5-8-14)17(22)19-18-11-13-6-9-15(23-3)10-16(13)21/h4-11,21H,1-3H3,(H,19,22)/p+1. The van der Waals surface area contributed by atoms with E-state index >= 15 is 0 Å². The number of benzene rings is 2. The van der Waals surface area contributed by atoms with Gasteiger partial charge in [0.1, 0.15) is 17.2 Å². The second kappa shape index (κ2) is 7.42. The van der Waals surface area contributed by atoms with Crippen LogP contribution in [0.25, 0.3) is 0 Å². The maximum absolute atomic E-state index is 12.0. The lowest BCUT2D eigenvalue weighted by molar-refractivity contribution is -0.786. The van der Waals surface area contributed by atoms with Gasteiger partial charge in [-0.05, 0) is 36.4 Å². The molecule has 120 valence electrons. The second-order valence-electron chi connectivity index (χ2n) is 5.20. The van der Waals surface area contributed by atoms with Crippen molar-refractivity contribution in [1.29, 1.82) is 0 Å². The molecule has 2 aromatic carbocycles. The first-order valence-electron chi connectivity index (χ1n) is 7.12. The summed E-state index contributed by atoms with van der Waals surface area (Å²) in [6.07, 6.45) is 1.38. The Kier molecular flexibility index (Phi) is 5.32. The Bertz CT molecular complexity index is 710. The van der Waals surface area contributed by atoms with Crippen LogP contribution in [-0.4, -0.2) is 38.4 Å². The van der Waals surface area contributed by atoms with Crippen LogP contribution in [0.1, 0.15) is 15.9 Å². The van der Waals surface area contributed by atoms with Crippen LogP contribution in [0.4, 0.5) is 5.69 Å². The third-order valence-electron chi connectivity index (χ3n) is 3.33. The summed E-state index contributed by atoms with van der Waals surface area (Å²) in [7, 11) is 5.55. The molecule has 6 nitrogen and oxygen atoms in total. The van der Waals surface area contributed by atoms with Crippen molar-refractivity contribution in [2.45, 2.75) is 0 Å². The van der Waals surface area contributed by atoms with Crippen LogP contribution in [0.5, 0.6) is 11.5 Å². The fourth-order valence-electron chi connectivity index (χ4n) is 1.94. The van der Waals surface area contributed by atoms with Gasteiger partial charge in [0.05, 0.1) is 27.4 Å². The van der Waals surface area contributed by atoms with Gasteiger partial charge in [-0.2, -0.15) is 5.10 Å². The number of nitrogens with zero attached hydrogens (tertiary/aromatic N) is 1. The van der Waals surface area contributed by atoms with E-state index in [2.05, 4.69) is 10.5 Å². The molecule has 1 amide bonds. The highest BCUT2D eigenvalue weighted by Gasteiger charge is 2.06. The highest BCUT2D eigenvalue weighted by molar-refractivity contribution is 5.95. The van der Waals surface area contributed by atoms with Crippen molar-refractivity contribution in [3.05, 3.63) is 53.6 Å². The van der Waals surface area contributed by atoms with Crippen molar-refractivity contribution in [2.75, 3.05) is 21.2 Å². The first-order chi connectivity index (χ1) is 11.0. The number of methoxy groups -OCH3 is 1. The molecule has 0 radical (unpaired) electrons. The zero-order chi connectivity index (χ0) is 16.8. The Hall–Kier alpha value is -2.86. The van der Waals surface area contributed by atoms with Gasteiger partial charge in [-0.15, -0.1) is 0 Å². The normalized spacial score (nSPS) is 11.0. The van der Waals surface area contributed by atoms with Gasteiger partial charge < -0.3 is 14.7 Å². The molecule has 3 N–H and O–H groups in total. The van der Waals surface area contributed by atoms with Crippen LogP contribution in [0.2, 0.25) is 0 Å². The zero-order valence-electron chi connectivity index (χ0n) is 13.3. The molecule has 0 fully saturated rings. The van der Waals surface area contributed by atoms with Crippen molar-refractivity contribution < 1.29 is 19.5 Å². The summed E-state index contributed by atoms with van der Waals surface area (Å²) in [6.45, 7) is 0. The van der Waals surface area contributed by atoms with Crippen molar-refractivity contribution >= 4 is 17.8 Å². The maximum Gasteiger partial charge on any atom is 0.271 e. The van der Waals surface area contributed by atoms with Crippen LogP contribution >= 0.6 is 0 Å². The molecule has 23 heavy (non-hydrogen) atoms. The van der Waals surface area contributed by atoms with Crippen molar-refractivity contribution in [1.82, 2.24) is 5.43 Å². The van der Waals surface area contributed by atoms with E-state index in [1.54, 1.807) is 24.3 Å². The lowest BCUT2D eigenvalue weighted by Gasteiger charge is -2.06. The minimum atomic E-state index is -0.311. The van der Waals surface area contributed by atoms with Crippen molar-refractivity contribution in [3.8, 4) is 11.5 Å². The number of phenols is 1. The maximum atomic E-state index is 12.0. The zero-order valence-corrected chi connectivity index (χ0v) is 13.3. The Morgan fingerprint density at radius 2 is 1.91 bits per heavy atom. The number of hydrazone groups is 1. The number of hydrogen-bond acceptors (Lipinski definition) is 4. The number of phenolic OH excluding ortho intramolecular Hbond substituents is 1. The van der Waals surface area contributed by atoms with Crippen molar-refractivity contribution in [3.63, 3.8) is 0 Å². The van der Waals surface area contributed by atoms with Crippen LogP contribution in [0.15, 0.2) is 47.6 Å². The molecule has 6 heteroatoms. The van der Waals surface area contributed by atoms with Gasteiger partial charge in [0.25, 0.3) is 5.91 Å². The van der Waals surface area contributed by atoms with E-state index in [0.29, 0.717) is 16.9 Å². The molecule has 0 unspecified atom stereocenters. The summed E-state index contributed by atoms with van der Waals surface area (Å²) in [5.41, 5.74) is 4.53. The SMILES string of the molecule is COc1ccc(C=NNC(=O)c2ccc([NH+](C)C)cc2)c(O)c1. The molecular formula is C17H20N3O3+. The molecule has 2 rings (SSSR count). The van der Waals surface area contributed by atoms with E-state index < -0.39 is 0 Å². The number of ether oxygens (including phenoxy) is 1. The number of carbonyl (C=O) groups excluding carboxylic acids is 1. The highest BCUT2D eigenvalue weighted by atomic mass is 16.5. The van der Waals surface area contributed by atoms with E-state index in [1.807, 2.05) is 26.2 Å². The molecule has 0 saturated carbocycles. The molecule has 0 saturated heterocycles. The fourth-order valence-corrected chi connectivity index (χ4v) is 1.94.